The first-order valence-electron chi connectivity index (χ1n) is 8.32. The standard InChI is InChI=1S/C13H20N2O.2C2HF3O2/c1-16-8-7-15-9-12(13(14)10-15)11-5-3-2-4-6-11;2*3-2(4,5)1(6)7/h2-6,12-13H,7-10,14H2,1H3;2*(H,6,7)/t12-,13+;;/m0../s1. The van der Waals surface area contributed by atoms with Gasteiger partial charge in [0.2, 0.25) is 0 Å². The van der Waals surface area contributed by atoms with Gasteiger partial charge in [-0.3, -0.25) is 4.90 Å². The third-order valence-corrected chi connectivity index (χ3v) is 3.77. The molecule has 0 bridgehead atoms. The highest BCUT2D eigenvalue weighted by molar-refractivity contribution is 5.73. The van der Waals surface area contributed by atoms with Crippen LogP contribution in [0.15, 0.2) is 30.3 Å². The number of rotatable bonds is 4. The zero-order valence-electron chi connectivity index (χ0n) is 15.8. The molecule has 0 radical (unpaired) electrons. The number of halogens is 6. The molecule has 30 heavy (non-hydrogen) atoms. The lowest BCUT2D eigenvalue weighted by molar-refractivity contribution is -0.193. The molecule has 1 saturated heterocycles. The number of nitrogens with two attached hydrogens (primary N) is 1. The van der Waals surface area contributed by atoms with Gasteiger partial charge in [0, 0.05) is 38.7 Å². The maximum atomic E-state index is 10.6. The predicted octanol–water partition coefficient (Wildman–Crippen LogP) is 2.33. The number of benzene rings is 1. The third kappa shape index (κ3) is 11.0. The van der Waals surface area contributed by atoms with Crippen molar-refractivity contribution in [2.45, 2.75) is 24.3 Å². The van der Waals surface area contributed by atoms with Crippen LogP contribution in [0.3, 0.4) is 0 Å². The summed E-state index contributed by atoms with van der Waals surface area (Å²) in [5.74, 6) is -5.04. The molecule has 4 N–H and O–H groups in total. The van der Waals surface area contributed by atoms with Gasteiger partial charge in [-0.15, -0.1) is 0 Å². The van der Waals surface area contributed by atoms with Crippen molar-refractivity contribution in [2.24, 2.45) is 5.73 Å². The molecular formula is C17H22F6N2O5. The van der Waals surface area contributed by atoms with E-state index in [1.807, 2.05) is 6.07 Å². The Kier molecular flexibility index (Phi) is 11.4. The molecular weight excluding hydrogens is 426 g/mol. The number of methoxy groups -OCH3 is 1. The van der Waals surface area contributed by atoms with Crippen LogP contribution in [0.5, 0.6) is 0 Å². The van der Waals surface area contributed by atoms with Gasteiger partial charge in [0.25, 0.3) is 0 Å². The Hall–Kier alpha value is -2.38. The van der Waals surface area contributed by atoms with Crippen LogP contribution in [0, 0.1) is 0 Å². The van der Waals surface area contributed by atoms with Gasteiger partial charge in [0.05, 0.1) is 6.61 Å². The first kappa shape index (κ1) is 27.6. The highest BCUT2D eigenvalue weighted by Gasteiger charge is 2.38. The Labute approximate surface area is 168 Å². The normalized spacial score (nSPS) is 19.2. The summed E-state index contributed by atoms with van der Waals surface area (Å²) >= 11 is 0. The average molecular weight is 448 g/mol. The number of aliphatic carboxylic acids is 2. The van der Waals surface area contributed by atoms with Gasteiger partial charge >= 0.3 is 24.3 Å². The summed E-state index contributed by atoms with van der Waals surface area (Å²) in [6.45, 7) is 3.79. The zero-order chi connectivity index (χ0) is 23.5. The topological polar surface area (TPSA) is 113 Å². The molecule has 1 aromatic carbocycles. The van der Waals surface area contributed by atoms with E-state index in [2.05, 4.69) is 29.2 Å². The molecule has 0 aliphatic carbocycles. The molecule has 1 aliphatic heterocycles. The van der Waals surface area contributed by atoms with Crippen molar-refractivity contribution < 1.29 is 50.9 Å². The highest BCUT2D eigenvalue weighted by Crippen LogP contribution is 2.25. The minimum absolute atomic E-state index is 0.249. The van der Waals surface area contributed by atoms with Crippen LogP contribution < -0.4 is 5.73 Å². The van der Waals surface area contributed by atoms with E-state index in [-0.39, 0.29) is 6.04 Å². The molecule has 1 aliphatic rings. The van der Waals surface area contributed by atoms with Gasteiger partial charge in [-0.25, -0.2) is 9.59 Å². The van der Waals surface area contributed by atoms with Crippen LogP contribution in [0.1, 0.15) is 11.5 Å². The minimum atomic E-state index is -5.08. The second kappa shape index (κ2) is 12.3. The molecule has 0 spiro atoms. The lowest BCUT2D eigenvalue weighted by atomic mass is 9.95. The number of hydrogen-bond donors (Lipinski definition) is 3. The summed E-state index contributed by atoms with van der Waals surface area (Å²) < 4.78 is 68.6. The van der Waals surface area contributed by atoms with Gasteiger partial charge in [0.15, 0.2) is 0 Å². The first-order chi connectivity index (χ1) is 13.7. The number of alkyl halides is 6. The second-order valence-corrected chi connectivity index (χ2v) is 6.04. The van der Waals surface area contributed by atoms with E-state index in [1.165, 1.54) is 5.56 Å². The molecule has 2 rings (SSSR count). The summed E-state index contributed by atoms with van der Waals surface area (Å²) in [7, 11) is 1.74. The van der Waals surface area contributed by atoms with E-state index in [9.17, 15) is 26.3 Å². The monoisotopic (exact) mass is 448 g/mol. The third-order valence-electron chi connectivity index (χ3n) is 3.77. The van der Waals surface area contributed by atoms with Crippen molar-refractivity contribution >= 4 is 11.9 Å². The maximum Gasteiger partial charge on any atom is 0.490 e. The van der Waals surface area contributed by atoms with Gasteiger partial charge in [0.1, 0.15) is 0 Å². The molecule has 172 valence electrons. The molecule has 13 heteroatoms. The Morgan fingerprint density at radius 1 is 1.03 bits per heavy atom. The predicted molar refractivity (Wildman–Crippen MR) is 92.9 cm³/mol. The molecule has 1 heterocycles. The second-order valence-electron chi connectivity index (χ2n) is 6.04. The summed E-state index contributed by atoms with van der Waals surface area (Å²) in [6.07, 6.45) is -10.2. The molecule has 7 nitrogen and oxygen atoms in total. The fourth-order valence-corrected chi connectivity index (χ4v) is 2.37. The van der Waals surface area contributed by atoms with E-state index in [0.29, 0.717) is 5.92 Å². The number of ether oxygens (including phenoxy) is 1. The lowest BCUT2D eigenvalue weighted by Gasteiger charge is -2.15. The van der Waals surface area contributed by atoms with Crippen LogP contribution >= 0.6 is 0 Å². The quantitative estimate of drug-likeness (QED) is 0.606. The van der Waals surface area contributed by atoms with Gasteiger partial charge < -0.3 is 20.7 Å². The smallest absolute Gasteiger partial charge is 0.475 e. The summed E-state index contributed by atoms with van der Waals surface area (Å²) in [5.41, 5.74) is 7.55. The number of carboxylic acids is 2. The lowest BCUT2D eigenvalue weighted by Crippen LogP contribution is -2.30. The van der Waals surface area contributed by atoms with Gasteiger partial charge in [-0.05, 0) is 5.56 Å². The Morgan fingerprint density at radius 3 is 1.83 bits per heavy atom. The van der Waals surface area contributed by atoms with Gasteiger partial charge in [-0.1, -0.05) is 30.3 Å². The highest BCUT2D eigenvalue weighted by atomic mass is 19.4. The molecule has 1 aromatic rings. The Bertz CT molecular complexity index is 630. The maximum absolute atomic E-state index is 10.6. The molecule has 0 saturated carbocycles. The number of nitrogens with zero attached hydrogens (tertiary/aromatic N) is 1. The summed E-state index contributed by atoms with van der Waals surface area (Å²) in [6, 6.07) is 10.8. The van der Waals surface area contributed by atoms with Crippen LogP contribution in [0.4, 0.5) is 26.3 Å². The van der Waals surface area contributed by atoms with E-state index >= 15 is 0 Å². The van der Waals surface area contributed by atoms with Crippen molar-refractivity contribution in [1.29, 1.82) is 0 Å². The molecule has 1 fully saturated rings. The number of likely N-dealkylation sites (tertiary alicyclic amines) is 1. The van der Waals surface area contributed by atoms with E-state index in [0.717, 1.165) is 26.2 Å². The van der Waals surface area contributed by atoms with Crippen LogP contribution in [0.2, 0.25) is 0 Å². The number of hydrogen-bond acceptors (Lipinski definition) is 5. The fraction of sp³-hybridized carbons (Fsp3) is 0.529. The van der Waals surface area contributed by atoms with Crippen LogP contribution in [-0.2, 0) is 14.3 Å². The molecule has 0 aromatic heterocycles. The van der Waals surface area contributed by atoms with Crippen LogP contribution in [0.25, 0.3) is 0 Å². The van der Waals surface area contributed by atoms with E-state index < -0.39 is 24.3 Å². The van der Waals surface area contributed by atoms with E-state index in [1.54, 1.807) is 7.11 Å². The molecule has 0 amide bonds. The van der Waals surface area contributed by atoms with Gasteiger partial charge in [-0.2, -0.15) is 26.3 Å². The summed E-state index contributed by atoms with van der Waals surface area (Å²) in [4.78, 5) is 20.2. The van der Waals surface area contributed by atoms with Crippen molar-refractivity contribution in [3.63, 3.8) is 0 Å². The van der Waals surface area contributed by atoms with Crippen molar-refractivity contribution in [1.82, 2.24) is 4.90 Å². The number of carboxylic acid groups (broad SMARTS) is 2. The first-order valence-corrected chi connectivity index (χ1v) is 8.32. The van der Waals surface area contributed by atoms with Crippen molar-refractivity contribution in [2.75, 3.05) is 33.4 Å². The Morgan fingerprint density at radius 2 is 1.47 bits per heavy atom. The van der Waals surface area contributed by atoms with Crippen LogP contribution in [-0.4, -0.2) is 78.8 Å². The van der Waals surface area contributed by atoms with Crippen molar-refractivity contribution in [3.8, 4) is 0 Å². The molecule has 0 unspecified atom stereocenters. The fourth-order valence-electron chi connectivity index (χ4n) is 2.37. The zero-order valence-corrected chi connectivity index (χ0v) is 15.8. The Balaban J connectivity index is 0.000000503. The van der Waals surface area contributed by atoms with E-state index in [4.69, 9.17) is 30.3 Å². The van der Waals surface area contributed by atoms with Crippen molar-refractivity contribution in [3.05, 3.63) is 35.9 Å². The largest absolute Gasteiger partial charge is 0.490 e. The minimum Gasteiger partial charge on any atom is -0.475 e. The average Bonchev–Trinajstić information content (AvgIpc) is 3.01. The summed E-state index contributed by atoms with van der Waals surface area (Å²) in [5, 5.41) is 14.2. The SMILES string of the molecule is COCCN1C[C@@H](N)[C@H](c2ccccc2)C1.O=C(O)C(F)(F)F.O=C(O)C(F)(F)F. The number of carbonyl (C=O) groups is 2. The molecule has 2 atom stereocenters.